The summed E-state index contributed by atoms with van der Waals surface area (Å²) in [6.07, 6.45) is 0. The topological polar surface area (TPSA) is 64.3 Å². The van der Waals surface area contributed by atoms with Crippen LogP contribution in [0.15, 0.2) is 36.4 Å². The van der Waals surface area contributed by atoms with Crippen molar-refractivity contribution in [3.63, 3.8) is 0 Å². The molecular weight excluding hydrogens is 320 g/mol. The lowest BCUT2D eigenvalue weighted by atomic mass is 10.2. The van der Waals surface area contributed by atoms with E-state index in [0.29, 0.717) is 23.8 Å². The predicted octanol–water partition coefficient (Wildman–Crippen LogP) is 3.31. The molecule has 0 bridgehead atoms. The van der Waals surface area contributed by atoms with Crippen molar-refractivity contribution in [1.82, 2.24) is 5.32 Å². The van der Waals surface area contributed by atoms with E-state index in [1.54, 1.807) is 0 Å². The number of halogens is 1. The number of nitrogens with one attached hydrogen (secondary N) is 1. The van der Waals surface area contributed by atoms with Crippen LogP contribution in [0, 0.1) is 0 Å². The van der Waals surface area contributed by atoms with Crippen LogP contribution in [-0.4, -0.2) is 25.1 Å². The second kappa shape index (κ2) is 8.78. The van der Waals surface area contributed by atoms with Gasteiger partial charge >= 0.3 is 0 Å². The van der Waals surface area contributed by atoms with E-state index >= 15 is 0 Å². The van der Waals surface area contributed by atoms with Gasteiger partial charge in [0.2, 0.25) is 0 Å². The summed E-state index contributed by atoms with van der Waals surface area (Å²) in [5.74, 6) is 0.492. The van der Waals surface area contributed by atoms with Crippen molar-refractivity contribution in [3.8, 4) is 16.2 Å². The average molecular weight is 341 g/mol. The van der Waals surface area contributed by atoms with Gasteiger partial charge in [-0.2, -0.15) is 0 Å². The fourth-order valence-electron chi connectivity index (χ4n) is 1.89. The Morgan fingerprint density at radius 1 is 1.36 bits per heavy atom. The number of amides is 1. The molecule has 1 amide bonds. The van der Waals surface area contributed by atoms with Gasteiger partial charge in [-0.05, 0) is 25.5 Å². The summed E-state index contributed by atoms with van der Waals surface area (Å²) >= 11 is 1.44. The van der Waals surface area contributed by atoms with Gasteiger partial charge in [-0.3, -0.25) is 4.79 Å². The first kappa shape index (κ1) is 18.5. The molecular formula is C16H21ClN2O2S. The van der Waals surface area contributed by atoms with Gasteiger partial charge in [0, 0.05) is 17.5 Å². The number of carbonyl (C=O) groups is 1. The first-order valence-corrected chi connectivity index (χ1v) is 7.80. The summed E-state index contributed by atoms with van der Waals surface area (Å²) in [5.41, 5.74) is 6.63. The van der Waals surface area contributed by atoms with Crippen LogP contribution in [0.5, 0.6) is 5.75 Å². The highest BCUT2D eigenvalue weighted by Crippen LogP contribution is 2.36. The Bertz CT molecular complexity index is 601. The summed E-state index contributed by atoms with van der Waals surface area (Å²) in [6.45, 7) is 4.72. The summed E-state index contributed by atoms with van der Waals surface area (Å²) in [4.78, 5) is 13.9. The lowest BCUT2D eigenvalue weighted by molar-refractivity contribution is 0.0942. The smallest absolute Gasteiger partial charge is 0.265 e. The molecule has 1 atom stereocenters. The van der Waals surface area contributed by atoms with E-state index < -0.39 is 0 Å². The second-order valence-electron chi connectivity index (χ2n) is 4.71. The number of benzene rings is 1. The largest absolute Gasteiger partial charge is 0.492 e. The van der Waals surface area contributed by atoms with Crippen molar-refractivity contribution >= 4 is 29.7 Å². The monoisotopic (exact) mass is 340 g/mol. The van der Waals surface area contributed by atoms with Crippen LogP contribution < -0.4 is 15.8 Å². The molecule has 3 N–H and O–H groups in total. The molecule has 0 aliphatic heterocycles. The molecule has 2 aromatic rings. The van der Waals surface area contributed by atoms with Gasteiger partial charge in [0.15, 0.2) is 0 Å². The highest BCUT2D eigenvalue weighted by atomic mass is 35.5. The van der Waals surface area contributed by atoms with Crippen LogP contribution in [0.25, 0.3) is 10.4 Å². The Morgan fingerprint density at radius 2 is 2.05 bits per heavy atom. The molecule has 1 aromatic carbocycles. The Morgan fingerprint density at radius 3 is 2.64 bits per heavy atom. The van der Waals surface area contributed by atoms with Crippen molar-refractivity contribution in [1.29, 1.82) is 0 Å². The molecule has 0 saturated heterocycles. The number of ether oxygens (including phenoxy) is 1. The molecule has 4 nitrogen and oxygen atoms in total. The van der Waals surface area contributed by atoms with Crippen molar-refractivity contribution in [2.24, 2.45) is 5.73 Å². The van der Waals surface area contributed by atoms with Gasteiger partial charge in [0.1, 0.15) is 10.6 Å². The Hall–Kier alpha value is -1.56. The van der Waals surface area contributed by atoms with Crippen LogP contribution in [0.1, 0.15) is 23.5 Å². The molecule has 0 spiro atoms. The van der Waals surface area contributed by atoms with Gasteiger partial charge in [-0.15, -0.1) is 23.7 Å². The number of nitrogens with two attached hydrogens (primary N) is 1. The third-order valence-corrected chi connectivity index (χ3v) is 4.16. The minimum atomic E-state index is -0.136. The molecule has 1 heterocycles. The number of hydrogen-bond donors (Lipinski definition) is 2. The third kappa shape index (κ3) is 4.47. The van der Waals surface area contributed by atoms with E-state index in [1.807, 2.05) is 50.2 Å². The molecule has 0 unspecified atom stereocenters. The quantitative estimate of drug-likeness (QED) is 0.847. The fraction of sp³-hybridized carbons (Fsp3) is 0.312. The highest BCUT2D eigenvalue weighted by Gasteiger charge is 2.19. The first-order chi connectivity index (χ1) is 10.2. The van der Waals surface area contributed by atoms with E-state index in [1.165, 1.54) is 11.3 Å². The average Bonchev–Trinajstić information content (AvgIpc) is 2.92. The van der Waals surface area contributed by atoms with E-state index in [9.17, 15) is 4.79 Å². The summed E-state index contributed by atoms with van der Waals surface area (Å²) in [5, 5.41) is 2.88. The maximum absolute atomic E-state index is 12.3. The van der Waals surface area contributed by atoms with Crippen LogP contribution >= 0.6 is 23.7 Å². The highest BCUT2D eigenvalue weighted by molar-refractivity contribution is 7.17. The molecule has 0 radical (unpaired) electrons. The number of rotatable bonds is 6. The first-order valence-electron chi connectivity index (χ1n) is 6.98. The molecule has 22 heavy (non-hydrogen) atoms. The summed E-state index contributed by atoms with van der Waals surface area (Å²) in [7, 11) is 0. The van der Waals surface area contributed by atoms with Crippen molar-refractivity contribution in [2.75, 3.05) is 13.2 Å². The van der Waals surface area contributed by atoms with Crippen LogP contribution in [-0.2, 0) is 0 Å². The maximum atomic E-state index is 12.3. The fourth-order valence-corrected chi connectivity index (χ4v) is 2.90. The van der Waals surface area contributed by atoms with Gasteiger partial charge in [0.05, 0.1) is 6.61 Å². The molecule has 0 fully saturated rings. The molecule has 120 valence electrons. The van der Waals surface area contributed by atoms with Gasteiger partial charge < -0.3 is 15.8 Å². The predicted molar refractivity (Wildman–Crippen MR) is 94.2 cm³/mol. The molecule has 0 aliphatic carbocycles. The van der Waals surface area contributed by atoms with Crippen LogP contribution in [0.4, 0.5) is 0 Å². The number of thiophene rings is 1. The van der Waals surface area contributed by atoms with Crippen LogP contribution in [0.2, 0.25) is 0 Å². The maximum Gasteiger partial charge on any atom is 0.265 e. The minimum Gasteiger partial charge on any atom is -0.492 e. The zero-order chi connectivity index (χ0) is 15.2. The zero-order valence-electron chi connectivity index (χ0n) is 12.7. The molecule has 6 heteroatoms. The van der Waals surface area contributed by atoms with E-state index in [4.69, 9.17) is 10.5 Å². The number of hydrogen-bond acceptors (Lipinski definition) is 4. The minimum absolute atomic E-state index is 0. The van der Waals surface area contributed by atoms with Crippen molar-refractivity contribution < 1.29 is 9.53 Å². The molecule has 0 saturated carbocycles. The lowest BCUT2D eigenvalue weighted by Crippen LogP contribution is -2.37. The van der Waals surface area contributed by atoms with Crippen LogP contribution in [0.3, 0.4) is 0 Å². The summed E-state index contributed by atoms with van der Waals surface area (Å²) < 4.78 is 5.59. The SMILES string of the molecule is CCOc1cc(-c2ccccc2)sc1C(=O)N[C@@H](C)CN.Cl. The Balaban J connectivity index is 0.00000242. The van der Waals surface area contributed by atoms with E-state index in [2.05, 4.69) is 5.32 Å². The molecule has 0 aliphatic rings. The summed E-state index contributed by atoms with van der Waals surface area (Å²) in [6, 6.07) is 11.8. The second-order valence-corrected chi connectivity index (χ2v) is 5.77. The van der Waals surface area contributed by atoms with Crippen molar-refractivity contribution in [3.05, 3.63) is 41.3 Å². The normalized spacial score (nSPS) is 11.4. The Labute approximate surface area is 141 Å². The lowest BCUT2D eigenvalue weighted by Gasteiger charge is -2.11. The third-order valence-electron chi connectivity index (χ3n) is 2.99. The zero-order valence-corrected chi connectivity index (χ0v) is 14.3. The Kier molecular flexibility index (Phi) is 7.38. The van der Waals surface area contributed by atoms with E-state index in [-0.39, 0.29) is 24.4 Å². The van der Waals surface area contributed by atoms with Gasteiger partial charge in [0.25, 0.3) is 5.91 Å². The molecule has 2 rings (SSSR count). The van der Waals surface area contributed by atoms with Gasteiger partial charge in [-0.1, -0.05) is 30.3 Å². The molecule has 1 aromatic heterocycles. The van der Waals surface area contributed by atoms with Gasteiger partial charge in [-0.25, -0.2) is 0 Å². The van der Waals surface area contributed by atoms with Crippen molar-refractivity contribution in [2.45, 2.75) is 19.9 Å². The number of carbonyl (C=O) groups excluding carboxylic acids is 1. The van der Waals surface area contributed by atoms with E-state index in [0.717, 1.165) is 10.4 Å². The standard InChI is InChI=1S/C16H20N2O2S.ClH/c1-3-20-13-9-14(12-7-5-4-6-8-12)21-15(13)16(19)18-11(2)10-17;/h4-9,11H,3,10,17H2,1-2H3,(H,18,19);1H/t11-;/m0./s1.